The van der Waals surface area contributed by atoms with Crippen molar-refractivity contribution in [3.8, 4) is 5.88 Å². The standard InChI is InChI=1S/C28H26ClFN4O5/c29-19-5-4-18(21(30)12-19)16-38-26-3-1-2-22(31-26)17-6-9-33(10-7-17)15-25-32-27-23(13-24(39-27)28(35)36)34(25)14-20-8-11-37-20/h1-6,12-13,20H,7-11,14-16H2,(H,35,36)/t20-/m0/s1. The molecular weight excluding hydrogens is 527 g/mol. The summed E-state index contributed by atoms with van der Waals surface area (Å²) >= 11 is 5.83. The van der Waals surface area contributed by atoms with Crippen LogP contribution in [0.1, 0.15) is 40.5 Å². The Bertz CT molecular complexity index is 1560. The van der Waals surface area contributed by atoms with Gasteiger partial charge in [0.15, 0.2) is 0 Å². The number of nitrogens with zero attached hydrogens (tertiary/aromatic N) is 4. The van der Waals surface area contributed by atoms with Crippen LogP contribution in [0.3, 0.4) is 0 Å². The van der Waals surface area contributed by atoms with Crippen LogP contribution < -0.4 is 4.74 Å². The number of ether oxygens (including phenoxy) is 2. The Kier molecular flexibility index (Phi) is 7.07. The molecule has 1 atom stereocenters. The highest BCUT2D eigenvalue weighted by Crippen LogP contribution is 2.27. The SMILES string of the molecule is O=C(O)c1cc2c(nc(CN3CC=C(c4cccc(OCc5ccc(Cl)cc5F)n4)CC3)n2C[C@@H]2CCO2)o1. The third-order valence-electron chi connectivity index (χ3n) is 7.02. The minimum absolute atomic E-state index is 0.0572. The topological polar surface area (TPSA) is 103 Å². The first-order valence-electron chi connectivity index (χ1n) is 12.7. The van der Waals surface area contributed by atoms with Crippen molar-refractivity contribution in [3.05, 3.63) is 82.2 Å². The molecule has 0 bridgehead atoms. The van der Waals surface area contributed by atoms with Crippen LogP contribution in [0.2, 0.25) is 5.02 Å². The van der Waals surface area contributed by atoms with E-state index in [1.807, 2.05) is 16.7 Å². The number of rotatable bonds is 9. The van der Waals surface area contributed by atoms with Crippen LogP contribution in [0.25, 0.3) is 16.8 Å². The highest BCUT2D eigenvalue weighted by Gasteiger charge is 2.26. The monoisotopic (exact) mass is 552 g/mol. The average Bonchev–Trinajstić information content (AvgIpc) is 3.45. The number of hydrogen-bond donors (Lipinski definition) is 1. The van der Waals surface area contributed by atoms with Gasteiger partial charge in [0, 0.05) is 42.4 Å². The Morgan fingerprint density at radius 1 is 1.23 bits per heavy atom. The summed E-state index contributed by atoms with van der Waals surface area (Å²) in [5.41, 5.74) is 3.35. The van der Waals surface area contributed by atoms with Crippen LogP contribution in [0.5, 0.6) is 5.88 Å². The van der Waals surface area contributed by atoms with Gasteiger partial charge in [-0.3, -0.25) is 4.90 Å². The Morgan fingerprint density at radius 3 is 2.82 bits per heavy atom. The van der Waals surface area contributed by atoms with Crippen molar-refractivity contribution in [2.24, 2.45) is 0 Å². The lowest BCUT2D eigenvalue weighted by Gasteiger charge is -2.29. The molecule has 4 aromatic rings. The lowest BCUT2D eigenvalue weighted by Crippen LogP contribution is -2.33. The van der Waals surface area contributed by atoms with E-state index in [9.17, 15) is 14.3 Å². The molecule has 1 N–H and O–H groups in total. The molecule has 2 aliphatic rings. The second-order valence-electron chi connectivity index (χ2n) is 9.63. The summed E-state index contributed by atoms with van der Waals surface area (Å²) in [6.07, 6.45) is 3.98. The molecule has 0 unspecified atom stereocenters. The molecule has 0 saturated carbocycles. The van der Waals surface area contributed by atoms with E-state index in [-0.39, 0.29) is 18.5 Å². The van der Waals surface area contributed by atoms with Crippen LogP contribution in [-0.4, -0.2) is 56.3 Å². The van der Waals surface area contributed by atoms with Gasteiger partial charge in [-0.15, -0.1) is 0 Å². The Morgan fingerprint density at radius 2 is 2.10 bits per heavy atom. The normalized spacial score (nSPS) is 17.7. The molecule has 1 fully saturated rings. The maximum Gasteiger partial charge on any atom is 0.371 e. The number of imidazole rings is 1. The highest BCUT2D eigenvalue weighted by atomic mass is 35.5. The molecule has 0 radical (unpaired) electrons. The van der Waals surface area contributed by atoms with Crippen LogP contribution in [0, 0.1) is 5.82 Å². The number of aromatic carboxylic acids is 1. The van der Waals surface area contributed by atoms with Crippen LogP contribution in [-0.2, 0) is 24.4 Å². The molecule has 5 heterocycles. The fourth-order valence-electron chi connectivity index (χ4n) is 4.78. The largest absolute Gasteiger partial charge is 0.475 e. The smallest absolute Gasteiger partial charge is 0.371 e. The van der Waals surface area contributed by atoms with Crippen LogP contribution >= 0.6 is 11.6 Å². The lowest BCUT2D eigenvalue weighted by atomic mass is 10.0. The molecule has 0 aliphatic carbocycles. The number of carbonyl (C=O) groups is 1. The molecule has 0 amide bonds. The number of carboxylic acid groups (broad SMARTS) is 1. The summed E-state index contributed by atoms with van der Waals surface area (Å²) in [6, 6.07) is 11.6. The molecule has 0 spiro atoms. The van der Waals surface area contributed by atoms with Crippen molar-refractivity contribution in [1.82, 2.24) is 19.4 Å². The van der Waals surface area contributed by atoms with Gasteiger partial charge in [0.05, 0.1) is 24.9 Å². The number of carboxylic acids is 1. The average molecular weight is 553 g/mol. The molecule has 11 heteroatoms. The summed E-state index contributed by atoms with van der Waals surface area (Å²) in [5.74, 6) is -0.408. The second-order valence-corrected chi connectivity index (χ2v) is 10.1. The summed E-state index contributed by atoms with van der Waals surface area (Å²) < 4.78 is 32.9. The van der Waals surface area contributed by atoms with Crippen molar-refractivity contribution in [1.29, 1.82) is 0 Å². The van der Waals surface area contributed by atoms with Gasteiger partial charge in [0.1, 0.15) is 23.8 Å². The lowest BCUT2D eigenvalue weighted by molar-refractivity contribution is -0.0591. The fourth-order valence-corrected chi connectivity index (χ4v) is 4.93. The third kappa shape index (κ3) is 5.54. The number of aromatic nitrogens is 3. The molecular formula is C28H26ClFN4O5. The Labute approximate surface area is 228 Å². The zero-order valence-electron chi connectivity index (χ0n) is 21.0. The van der Waals surface area contributed by atoms with Gasteiger partial charge in [0.2, 0.25) is 17.4 Å². The van der Waals surface area contributed by atoms with Gasteiger partial charge in [-0.1, -0.05) is 29.8 Å². The third-order valence-corrected chi connectivity index (χ3v) is 7.25. The molecule has 1 aromatic carbocycles. The van der Waals surface area contributed by atoms with Gasteiger partial charge < -0.3 is 23.6 Å². The number of hydrogen-bond acceptors (Lipinski definition) is 7. The molecule has 39 heavy (non-hydrogen) atoms. The fraction of sp³-hybridized carbons (Fsp3) is 0.321. The van der Waals surface area contributed by atoms with Crippen molar-refractivity contribution in [3.63, 3.8) is 0 Å². The molecule has 2 aliphatic heterocycles. The number of fused-ring (bicyclic) bond motifs is 1. The van der Waals surface area contributed by atoms with Gasteiger partial charge in [-0.2, -0.15) is 4.98 Å². The zero-order valence-corrected chi connectivity index (χ0v) is 21.7. The predicted octanol–water partition coefficient (Wildman–Crippen LogP) is 5.17. The predicted molar refractivity (Wildman–Crippen MR) is 141 cm³/mol. The number of pyridine rings is 1. The number of benzene rings is 1. The van der Waals surface area contributed by atoms with E-state index >= 15 is 0 Å². The van der Waals surface area contributed by atoms with Crippen molar-refractivity contribution < 1.29 is 28.2 Å². The van der Waals surface area contributed by atoms with Crippen molar-refractivity contribution >= 4 is 34.4 Å². The maximum atomic E-state index is 14.1. The van der Waals surface area contributed by atoms with E-state index in [2.05, 4.69) is 20.9 Å². The zero-order chi connectivity index (χ0) is 26.9. The summed E-state index contributed by atoms with van der Waals surface area (Å²) in [4.78, 5) is 22.9. The molecule has 1 saturated heterocycles. The van der Waals surface area contributed by atoms with E-state index in [0.29, 0.717) is 47.3 Å². The second kappa shape index (κ2) is 10.8. The molecule has 9 nitrogen and oxygen atoms in total. The first-order valence-corrected chi connectivity index (χ1v) is 13.1. The minimum atomic E-state index is -1.12. The number of furan rings is 1. The van der Waals surface area contributed by atoms with Crippen LogP contribution in [0.15, 0.2) is 53.0 Å². The maximum absolute atomic E-state index is 14.1. The summed E-state index contributed by atoms with van der Waals surface area (Å²) in [6.45, 7) is 3.49. The van der Waals surface area contributed by atoms with E-state index in [4.69, 9.17) is 25.5 Å². The number of halogens is 2. The molecule has 202 valence electrons. The Hall–Kier alpha value is -3.73. The van der Waals surface area contributed by atoms with E-state index in [0.717, 1.165) is 43.1 Å². The summed E-state index contributed by atoms with van der Waals surface area (Å²) in [5, 5.41) is 9.64. The van der Waals surface area contributed by atoms with Crippen molar-refractivity contribution in [2.75, 3.05) is 19.7 Å². The molecule has 6 rings (SSSR count). The van der Waals surface area contributed by atoms with E-state index in [1.165, 1.54) is 12.1 Å². The Balaban J connectivity index is 1.13. The van der Waals surface area contributed by atoms with E-state index in [1.54, 1.807) is 18.2 Å². The van der Waals surface area contributed by atoms with Gasteiger partial charge in [-0.05, 0) is 36.6 Å². The van der Waals surface area contributed by atoms with Gasteiger partial charge >= 0.3 is 5.97 Å². The first kappa shape index (κ1) is 25.5. The van der Waals surface area contributed by atoms with Crippen LogP contribution in [0.4, 0.5) is 4.39 Å². The van der Waals surface area contributed by atoms with Gasteiger partial charge in [-0.25, -0.2) is 14.2 Å². The van der Waals surface area contributed by atoms with Crippen molar-refractivity contribution in [2.45, 2.75) is 38.6 Å². The summed E-state index contributed by atoms with van der Waals surface area (Å²) in [7, 11) is 0. The highest BCUT2D eigenvalue weighted by molar-refractivity contribution is 6.30. The quantitative estimate of drug-likeness (QED) is 0.303. The molecule has 3 aromatic heterocycles. The minimum Gasteiger partial charge on any atom is -0.475 e. The van der Waals surface area contributed by atoms with E-state index < -0.39 is 11.8 Å². The first-order chi connectivity index (χ1) is 18.9. The van der Waals surface area contributed by atoms with Gasteiger partial charge in [0.25, 0.3) is 0 Å².